The van der Waals surface area contributed by atoms with Gasteiger partial charge >= 0.3 is 0 Å². The third-order valence-corrected chi connectivity index (χ3v) is 6.16. The van der Waals surface area contributed by atoms with E-state index in [4.69, 9.17) is 0 Å². The number of thioether (sulfide) groups is 1. The van der Waals surface area contributed by atoms with Crippen LogP contribution in [-0.4, -0.2) is 5.25 Å². The summed E-state index contributed by atoms with van der Waals surface area (Å²) >= 11 is 2.15. The van der Waals surface area contributed by atoms with Gasteiger partial charge in [0.25, 0.3) is 0 Å². The molecule has 0 atom stereocenters. The van der Waals surface area contributed by atoms with Gasteiger partial charge in [-0.15, -0.1) is 11.8 Å². The number of hydrogen-bond acceptors (Lipinski definition) is 1. The molecule has 0 aromatic rings. The first-order valence-electron chi connectivity index (χ1n) is 7.89. The summed E-state index contributed by atoms with van der Waals surface area (Å²) in [5, 5.41) is 3.47. The SMILES string of the molecule is CC(C)(C)C1CCC(=CSC2CCCCC2)CC1. The van der Waals surface area contributed by atoms with Crippen molar-refractivity contribution in [2.75, 3.05) is 0 Å². The molecule has 0 heterocycles. The lowest BCUT2D eigenvalue weighted by molar-refractivity contribution is 0.197. The first-order valence-corrected chi connectivity index (χ1v) is 8.83. The second kappa shape index (κ2) is 6.50. The molecule has 0 aliphatic heterocycles. The van der Waals surface area contributed by atoms with E-state index in [0.717, 1.165) is 11.2 Å². The largest absolute Gasteiger partial charge is 0.131 e. The number of hydrogen-bond donors (Lipinski definition) is 0. The summed E-state index contributed by atoms with van der Waals surface area (Å²) in [5.41, 5.74) is 2.26. The highest BCUT2D eigenvalue weighted by Crippen LogP contribution is 2.40. The Hall–Kier alpha value is 0.0900. The van der Waals surface area contributed by atoms with Gasteiger partial charge in [0.15, 0.2) is 0 Å². The standard InChI is InChI=1S/C17H30S/c1-17(2,3)15-11-9-14(10-12-15)13-18-16-7-5-4-6-8-16/h13,15-16H,4-12H2,1-3H3. The van der Waals surface area contributed by atoms with Crippen molar-refractivity contribution in [1.82, 2.24) is 0 Å². The fraction of sp³-hybridized carbons (Fsp3) is 0.882. The molecule has 104 valence electrons. The molecule has 0 saturated heterocycles. The van der Waals surface area contributed by atoms with Gasteiger partial charge in [0.1, 0.15) is 0 Å². The molecule has 18 heavy (non-hydrogen) atoms. The average Bonchev–Trinajstić information content (AvgIpc) is 2.37. The van der Waals surface area contributed by atoms with Crippen LogP contribution < -0.4 is 0 Å². The minimum atomic E-state index is 0.516. The van der Waals surface area contributed by atoms with Crippen LogP contribution in [0.1, 0.15) is 78.6 Å². The van der Waals surface area contributed by atoms with E-state index >= 15 is 0 Å². The quantitative estimate of drug-likeness (QED) is 0.575. The van der Waals surface area contributed by atoms with Gasteiger partial charge in [0, 0.05) is 5.25 Å². The zero-order valence-corrected chi connectivity index (χ0v) is 13.3. The molecule has 1 heteroatoms. The van der Waals surface area contributed by atoms with Crippen LogP contribution in [0.3, 0.4) is 0 Å². The predicted molar refractivity (Wildman–Crippen MR) is 84.0 cm³/mol. The van der Waals surface area contributed by atoms with E-state index in [2.05, 4.69) is 37.9 Å². The van der Waals surface area contributed by atoms with Gasteiger partial charge in [-0.3, -0.25) is 0 Å². The van der Waals surface area contributed by atoms with Crippen molar-refractivity contribution in [2.24, 2.45) is 11.3 Å². The Morgan fingerprint density at radius 3 is 2.11 bits per heavy atom. The Labute approximate surface area is 118 Å². The minimum absolute atomic E-state index is 0.516. The van der Waals surface area contributed by atoms with Gasteiger partial charge in [-0.25, -0.2) is 0 Å². The lowest BCUT2D eigenvalue weighted by atomic mass is 9.71. The van der Waals surface area contributed by atoms with Crippen LogP contribution in [0.15, 0.2) is 11.0 Å². The van der Waals surface area contributed by atoms with E-state index in [0.29, 0.717) is 5.41 Å². The molecule has 2 fully saturated rings. The maximum atomic E-state index is 2.54. The summed E-state index contributed by atoms with van der Waals surface area (Å²) in [5.74, 6) is 0.939. The minimum Gasteiger partial charge on any atom is -0.131 e. The van der Waals surface area contributed by atoms with Crippen molar-refractivity contribution < 1.29 is 0 Å². The lowest BCUT2D eigenvalue weighted by Gasteiger charge is -2.34. The Morgan fingerprint density at radius 2 is 1.56 bits per heavy atom. The van der Waals surface area contributed by atoms with E-state index in [1.54, 1.807) is 5.57 Å². The molecule has 0 radical (unpaired) electrons. The van der Waals surface area contributed by atoms with Crippen LogP contribution in [0.2, 0.25) is 0 Å². The molecule has 0 bridgehead atoms. The normalized spacial score (nSPS) is 27.3. The van der Waals surface area contributed by atoms with E-state index in [1.165, 1.54) is 57.8 Å². The lowest BCUT2D eigenvalue weighted by Crippen LogP contribution is -2.23. The van der Waals surface area contributed by atoms with Crippen molar-refractivity contribution in [2.45, 2.75) is 83.8 Å². The second-order valence-corrected chi connectivity index (χ2v) is 8.49. The van der Waals surface area contributed by atoms with Gasteiger partial charge in [-0.05, 0) is 55.3 Å². The fourth-order valence-electron chi connectivity index (χ4n) is 3.37. The average molecular weight is 266 g/mol. The summed E-state index contributed by atoms with van der Waals surface area (Å²) in [6, 6.07) is 0. The Bertz CT molecular complexity index is 268. The smallest absolute Gasteiger partial charge is 0.00884 e. The maximum absolute atomic E-state index is 2.54. The molecule has 0 nitrogen and oxygen atoms in total. The maximum Gasteiger partial charge on any atom is 0.00884 e. The topological polar surface area (TPSA) is 0 Å². The first kappa shape index (κ1) is 14.5. The van der Waals surface area contributed by atoms with E-state index in [-0.39, 0.29) is 0 Å². The molecule has 0 amide bonds. The molecular formula is C17H30S. The van der Waals surface area contributed by atoms with Crippen molar-refractivity contribution in [3.05, 3.63) is 11.0 Å². The molecule has 0 unspecified atom stereocenters. The monoisotopic (exact) mass is 266 g/mol. The first-order chi connectivity index (χ1) is 8.55. The Kier molecular flexibility index (Phi) is 5.24. The van der Waals surface area contributed by atoms with Crippen LogP contribution in [-0.2, 0) is 0 Å². The predicted octanol–water partition coefficient (Wildman–Crippen LogP) is 6.17. The van der Waals surface area contributed by atoms with Crippen molar-refractivity contribution in [1.29, 1.82) is 0 Å². The highest BCUT2D eigenvalue weighted by atomic mass is 32.2. The van der Waals surface area contributed by atoms with Crippen LogP contribution in [0, 0.1) is 11.3 Å². The van der Waals surface area contributed by atoms with Gasteiger partial charge in [0.05, 0.1) is 0 Å². The van der Waals surface area contributed by atoms with E-state index < -0.39 is 0 Å². The molecule has 0 N–H and O–H groups in total. The molecule has 2 aliphatic carbocycles. The van der Waals surface area contributed by atoms with Gasteiger partial charge < -0.3 is 0 Å². The Balaban J connectivity index is 1.75. The van der Waals surface area contributed by atoms with E-state index in [1.807, 2.05) is 0 Å². The highest BCUT2D eigenvalue weighted by Gasteiger charge is 2.27. The fourth-order valence-corrected chi connectivity index (χ4v) is 4.59. The van der Waals surface area contributed by atoms with Crippen LogP contribution in [0.25, 0.3) is 0 Å². The highest BCUT2D eigenvalue weighted by molar-refractivity contribution is 8.02. The van der Waals surface area contributed by atoms with Crippen LogP contribution in [0.4, 0.5) is 0 Å². The van der Waals surface area contributed by atoms with E-state index in [9.17, 15) is 0 Å². The van der Waals surface area contributed by atoms with Gasteiger partial charge in [0.2, 0.25) is 0 Å². The summed E-state index contributed by atoms with van der Waals surface area (Å²) in [6.45, 7) is 7.22. The number of allylic oxidation sites excluding steroid dienone is 1. The molecule has 0 spiro atoms. The van der Waals surface area contributed by atoms with Crippen LogP contribution in [0.5, 0.6) is 0 Å². The van der Waals surface area contributed by atoms with Crippen molar-refractivity contribution >= 4 is 11.8 Å². The summed E-state index contributed by atoms with van der Waals surface area (Å²) < 4.78 is 0. The van der Waals surface area contributed by atoms with Crippen molar-refractivity contribution in [3.63, 3.8) is 0 Å². The third kappa shape index (κ3) is 4.33. The van der Waals surface area contributed by atoms with Gasteiger partial charge in [-0.2, -0.15) is 0 Å². The van der Waals surface area contributed by atoms with Gasteiger partial charge in [-0.1, -0.05) is 45.6 Å². The number of rotatable bonds is 2. The molecule has 2 rings (SSSR count). The molecule has 0 aromatic heterocycles. The molecule has 2 saturated carbocycles. The molecule has 2 aliphatic rings. The van der Waals surface area contributed by atoms with Crippen LogP contribution >= 0.6 is 11.8 Å². The summed E-state index contributed by atoms with van der Waals surface area (Å²) in [7, 11) is 0. The second-order valence-electron chi connectivity index (χ2n) is 7.31. The molecular weight excluding hydrogens is 236 g/mol. The third-order valence-electron chi connectivity index (χ3n) is 4.83. The van der Waals surface area contributed by atoms with Crippen molar-refractivity contribution in [3.8, 4) is 0 Å². The summed E-state index contributed by atoms with van der Waals surface area (Å²) in [6.07, 6.45) is 12.9. The summed E-state index contributed by atoms with van der Waals surface area (Å²) in [4.78, 5) is 0. The zero-order valence-electron chi connectivity index (χ0n) is 12.5. The Morgan fingerprint density at radius 1 is 0.944 bits per heavy atom. The molecule has 0 aromatic carbocycles. The zero-order chi connectivity index (χ0) is 13.0.